The Balaban J connectivity index is 2.67. The molecule has 2 aromatic heterocycles. The Labute approximate surface area is 89.7 Å². The first-order valence-electron chi connectivity index (χ1n) is 4.54. The highest BCUT2D eigenvalue weighted by atomic mass is 35.5. The third-order valence-corrected chi connectivity index (χ3v) is 2.79. The van der Waals surface area contributed by atoms with Gasteiger partial charge < -0.3 is 9.97 Å². The lowest BCUT2D eigenvalue weighted by molar-refractivity contribution is 1.26. The van der Waals surface area contributed by atoms with Gasteiger partial charge in [0.25, 0.3) is 0 Å². The minimum Gasteiger partial charge on any atom is -0.353 e. The summed E-state index contributed by atoms with van der Waals surface area (Å²) in [7, 11) is 0. The molecule has 74 valence electrons. The van der Waals surface area contributed by atoms with Crippen LogP contribution in [0.3, 0.4) is 0 Å². The van der Waals surface area contributed by atoms with Crippen LogP contribution >= 0.6 is 11.6 Å². The first-order valence-corrected chi connectivity index (χ1v) is 4.92. The van der Waals surface area contributed by atoms with E-state index in [2.05, 4.69) is 9.97 Å². The molecule has 0 bridgehead atoms. The zero-order chi connectivity index (χ0) is 10.4. The second kappa shape index (κ2) is 2.87. The first-order chi connectivity index (χ1) is 7.25. The molecule has 2 heterocycles. The van der Waals surface area contributed by atoms with Crippen molar-refractivity contribution in [1.29, 1.82) is 0 Å². The number of halogens is 1. The van der Waals surface area contributed by atoms with Gasteiger partial charge in [-0.1, -0.05) is 17.7 Å². The Morgan fingerprint density at radius 2 is 2.07 bits per heavy atom. The third kappa shape index (κ3) is 1.17. The Bertz CT molecular complexity index is 711. The van der Waals surface area contributed by atoms with Crippen LogP contribution in [0.25, 0.3) is 21.8 Å². The number of aromatic nitrogens is 2. The summed E-state index contributed by atoms with van der Waals surface area (Å²) in [4.78, 5) is 17.0. The van der Waals surface area contributed by atoms with E-state index in [0.29, 0.717) is 5.02 Å². The van der Waals surface area contributed by atoms with Gasteiger partial charge in [0.1, 0.15) is 0 Å². The predicted molar refractivity (Wildman–Crippen MR) is 61.4 cm³/mol. The lowest BCUT2D eigenvalue weighted by Crippen LogP contribution is -2.00. The van der Waals surface area contributed by atoms with E-state index in [9.17, 15) is 4.79 Å². The van der Waals surface area contributed by atoms with Gasteiger partial charge in [0.15, 0.2) is 0 Å². The van der Waals surface area contributed by atoms with E-state index in [4.69, 9.17) is 11.6 Å². The summed E-state index contributed by atoms with van der Waals surface area (Å²) in [6.45, 7) is 0. The Hall–Kier alpha value is -1.74. The average Bonchev–Trinajstić information content (AvgIpc) is 2.57. The van der Waals surface area contributed by atoms with Crippen molar-refractivity contribution in [2.24, 2.45) is 0 Å². The molecule has 0 aliphatic carbocycles. The van der Waals surface area contributed by atoms with E-state index in [1.54, 1.807) is 12.3 Å². The number of rotatable bonds is 0. The fourth-order valence-electron chi connectivity index (χ4n) is 1.83. The fraction of sp³-hybridized carbons (Fsp3) is 0. The van der Waals surface area contributed by atoms with E-state index in [1.807, 2.05) is 18.2 Å². The highest BCUT2D eigenvalue weighted by Gasteiger charge is 2.07. The van der Waals surface area contributed by atoms with Gasteiger partial charge in [-0.15, -0.1) is 0 Å². The molecule has 0 aliphatic rings. The number of H-pyrrole nitrogens is 2. The number of hydrogen-bond donors (Lipinski definition) is 2. The molecule has 0 unspecified atom stereocenters. The van der Waals surface area contributed by atoms with Gasteiger partial charge in [0.2, 0.25) is 5.56 Å². The van der Waals surface area contributed by atoms with Crippen LogP contribution in [-0.2, 0) is 0 Å². The second-order valence-electron chi connectivity index (χ2n) is 3.41. The molecule has 0 saturated heterocycles. The minimum atomic E-state index is -0.122. The van der Waals surface area contributed by atoms with Crippen molar-refractivity contribution in [3.05, 3.63) is 45.8 Å². The maximum absolute atomic E-state index is 11.2. The smallest absolute Gasteiger partial charge is 0.248 e. The summed E-state index contributed by atoms with van der Waals surface area (Å²) in [5.41, 5.74) is 1.71. The van der Waals surface area contributed by atoms with Crippen molar-refractivity contribution in [3.63, 3.8) is 0 Å². The Morgan fingerprint density at radius 3 is 2.93 bits per heavy atom. The first kappa shape index (κ1) is 8.56. The lowest BCUT2D eigenvalue weighted by atomic mass is 10.2. The van der Waals surface area contributed by atoms with Gasteiger partial charge in [-0.3, -0.25) is 4.79 Å². The van der Waals surface area contributed by atoms with Crippen LogP contribution in [0.4, 0.5) is 0 Å². The van der Waals surface area contributed by atoms with Crippen LogP contribution in [0.2, 0.25) is 5.02 Å². The van der Waals surface area contributed by atoms with Crippen molar-refractivity contribution in [2.45, 2.75) is 0 Å². The average molecular weight is 219 g/mol. The Kier molecular flexibility index (Phi) is 1.64. The van der Waals surface area contributed by atoms with Crippen LogP contribution in [0.5, 0.6) is 0 Å². The van der Waals surface area contributed by atoms with Crippen molar-refractivity contribution in [3.8, 4) is 0 Å². The van der Waals surface area contributed by atoms with Crippen LogP contribution in [-0.4, -0.2) is 9.97 Å². The topological polar surface area (TPSA) is 48.6 Å². The second-order valence-corrected chi connectivity index (χ2v) is 3.82. The number of hydrogen-bond acceptors (Lipinski definition) is 1. The summed E-state index contributed by atoms with van der Waals surface area (Å²) < 4.78 is 0. The van der Waals surface area contributed by atoms with Gasteiger partial charge in [-0.05, 0) is 12.1 Å². The molecule has 0 fully saturated rings. The molecule has 0 atom stereocenters. The minimum absolute atomic E-state index is 0.122. The molecule has 3 nitrogen and oxygen atoms in total. The summed E-state index contributed by atoms with van der Waals surface area (Å²) in [5, 5.41) is 2.42. The SMILES string of the molecule is O=c1cc2c(c[nH]1)[nH]c1cccc(Cl)c12. The fourth-order valence-corrected chi connectivity index (χ4v) is 2.11. The molecule has 4 heteroatoms. The molecule has 2 N–H and O–H groups in total. The number of pyridine rings is 1. The van der Waals surface area contributed by atoms with Gasteiger partial charge >= 0.3 is 0 Å². The molecule has 0 amide bonds. The standard InChI is InChI=1S/C11H7ClN2O/c12-7-2-1-3-8-11(7)6-4-10(15)13-5-9(6)14-8/h1-5,14H,(H,13,15). The van der Waals surface area contributed by atoms with Gasteiger partial charge in [-0.25, -0.2) is 0 Å². The van der Waals surface area contributed by atoms with Crippen LogP contribution in [0.1, 0.15) is 0 Å². The number of nitrogens with one attached hydrogen (secondary N) is 2. The van der Waals surface area contributed by atoms with Crippen LogP contribution in [0, 0.1) is 0 Å². The molecular weight excluding hydrogens is 212 g/mol. The van der Waals surface area contributed by atoms with E-state index in [0.717, 1.165) is 21.8 Å². The Morgan fingerprint density at radius 1 is 1.20 bits per heavy atom. The highest BCUT2D eigenvalue weighted by Crippen LogP contribution is 2.29. The summed E-state index contributed by atoms with van der Waals surface area (Å²) in [6.07, 6.45) is 1.66. The summed E-state index contributed by atoms with van der Waals surface area (Å²) >= 11 is 6.10. The number of aromatic amines is 2. The van der Waals surface area contributed by atoms with E-state index < -0.39 is 0 Å². The molecule has 3 rings (SSSR count). The quantitative estimate of drug-likeness (QED) is 0.599. The van der Waals surface area contributed by atoms with Gasteiger partial charge in [-0.2, -0.15) is 0 Å². The van der Waals surface area contributed by atoms with Gasteiger partial charge in [0.05, 0.1) is 10.5 Å². The molecule has 0 saturated carbocycles. The zero-order valence-corrected chi connectivity index (χ0v) is 8.43. The third-order valence-electron chi connectivity index (χ3n) is 2.48. The molecule has 3 aromatic rings. The molecule has 1 aromatic carbocycles. The van der Waals surface area contributed by atoms with Gasteiger partial charge in [0, 0.05) is 28.6 Å². The highest BCUT2D eigenvalue weighted by molar-refractivity contribution is 6.37. The van der Waals surface area contributed by atoms with Crippen LogP contribution in [0.15, 0.2) is 35.3 Å². The summed E-state index contributed by atoms with van der Waals surface area (Å²) in [6, 6.07) is 7.19. The molecule has 0 aliphatic heterocycles. The van der Waals surface area contributed by atoms with Crippen molar-refractivity contribution < 1.29 is 0 Å². The lowest BCUT2D eigenvalue weighted by Gasteiger charge is -1.92. The number of fused-ring (bicyclic) bond motifs is 3. The zero-order valence-electron chi connectivity index (χ0n) is 7.67. The van der Waals surface area contributed by atoms with E-state index in [1.165, 1.54) is 0 Å². The predicted octanol–water partition coefficient (Wildman–Crippen LogP) is 2.66. The molecular formula is C11H7ClN2O. The van der Waals surface area contributed by atoms with Crippen molar-refractivity contribution in [2.75, 3.05) is 0 Å². The molecule has 0 spiro atoms. The molecule has 15 heavy (non-hydrogen) atoms. The van der Waals surface area contributed by atoms with Crippen molar-refractivity contribution >= 4 is 33.4 Å². The maximum atomic E-state index is 11.2. The van der Waals surface area contributed by atoms with E-state index in [-0.39, 0.29) is 5.56 Å². The monoisotopic (exact) mass is 218 g/mol. The van der Waals surface area contributed by atoms with Crippen LogP contribution < -0.4 is 5.56 Å². The van der Waals surface area contributed by atoms with Crippen molar-refractivity contribution in [1.82, 2.24) is 9.97 Å². The normalized spacial score (nSPS) is 11.3. The molecule has 0 radical (unpaired) electrons. The number of benzene rings is 1. The largest absolute Gasteiger partial charge is 0.353 e. The summed E-state index contributed by atoms with van der Waals surface area (Å²) in [5.74, 6) is 0. The maximum Gasteiger partial charge on any atom is 0.248 e. The van der Waals surface area contributed by atoms with E-state index >= 15 is 0 Å².